The van der Waals surface area contributed by atoms with Gasteiger partial charge in [0, 0.05) is 12.8 Å². The summed E-state index contributed by atoms with van der Waals surface area (Å²) in [7, 11) is 0. The lowest BCUT2D eigenvalue weighted by Crippen LogP contribution is -2.42. The zero-order valence-corrected chi connectivity index (χ0v) is 13.2. The van der Waals surface area contributed by atoms with Gasteiger partial charge in [-0.15, -0.1) is 11.3 Å². The summed E-state index contributed by atoms with van der Waals surface area (Å²) >= 11 is 1.53. The predicted molar refractivity (Wildman–Crippen MR) is 82.8 cm³/mol. The number of thiophene rings is 1. The monoisotopic (exact) mass is 335 g/mol. The molecule has 1 atom stereocenters. The quantitative estimate of drug-likeness (QED) is 0.765. The number of aromatic nitrogens is 2. The Hall–Kier alpha value is -2.22. The molecule has 0 aromatic carbocycles. The molecule has 1 amide bonds. The van der Waals surface area contributed by atoms with Gasteiger partial charge >= 0.3 is 5.97 Å². The van der Waals surface area contributed by atoms with Crippen LogP contribution in [0.4, 0.5) is 0 Å². The van der Waals surface area contributed by atoms with Crippen LogP contribution < -0.4 is 5.32 Å². The van der Waals surface area contributed by atoms with Gasteiger partial charge in [0.05, 0.1) is 4.88 Å². The molecule has 0 radical (unpaired) electrons. The first-order valence-electron chi connectivity index (χ1n) is 7.52. The Labute approximate surface area is 136 Å². The van der Waals surface area contributed by atoms with Gasteiger partial charge < -0.3 is 14.9 Å². The van der Waals surface area contributed by atoms with E-state index in [1.54, 1.807) is 0 Å². The Morgan fingerprint density at radius 1 is 1.48 bits per heavy atom. The van der Waals surface area contributed by atoms with Crippen LogP contribution in [0.3, 0.4) is 0 Å². The minimum Gasteiger partial charge on any atom is -0.480 e. The van der Waals surface area contributed by atoms with Gasteiger partial charge in [0.2, 0.25) is 17.6 Å². The second-order valence-corrected chi connectivity index (χ2v) is 6.51. The fourth-order valence-corrected chi connectivity index (χ4v) is 2.97. The van der Waals surface area contributed by atoms with Crippen molar-refractivity contribution in [2.75, 3.05) is 0 Å². The summed E-state index contributed by atoms with van der Waals surface area (Å²) in [6.45, 7) is 0. The molecule has 1 aliphatic rings. The summed E-state index contributed by atoms with van der Waals surface area (Å²) in [6, 6.07) is 3.08. The molecule has 122 valence electrons. The number of hydrogen-bond acceptors (Lipinski definition) is 6. The SMILES string of the molecule is O=C(CCCc1nc(-c2cccs2)no1)NC(C(=O)O)C1CC1. The van der Waals surface area contributed by atoms with Gasteiger partial charge in [0.25, 0.3) is 0 Å². The lowest BCUT2D eigenvalue weighted by molar-refractivity contribution is -0.142. The molecule has 0 aliphatic heterocycles. The van der Waals surface area contributed by atoms with Gasteiger partial charge in [-0.1, -0.05) is 11.2 Å². The van der Waals surface area contributed by atoms with E-state index in [1.807, 2.05) is 17.5 Å². The Bertz CT molecular complexity index is 679. The molecule has 1 saturated carbocycles. The number of carbonyl (C=O) groups is 2. The third kappa shape index (κ3) is 4.16. The minimum atomic E-state index is -0.960. The van der Waals surface area contributed by atoms with E-state index >= 15 is 0 Å². The molecule has 23 heavy (non-hydrogen) atoms. The number of carboxylic acids is 1. The van der Waals surface area contributed by atoms with Crippen molar-refractivity contribution in [3.8, 4) is 10.7 Å². The first-order chi connectivity index (χ1) is 11.1. The molecule has 2 aromatic rings. The second-order valence-electron chi connectivity index (χ2n) is 5.56. The highest BCUT2D eigenvalue weighted by Gasteiger charge is 2.37. The van der Waals surface area contributed by atoms with Gasteiger partial charge in [-0.05, 0) is 36.6 Å². The van der Waals surface area contributed by atoms with E-state index in [1.165, 1.54) is 11.3 Å². The number of carbonyl (C=O) groups excluding carboxylic acids is 1. The normalized spacial score (nSPS) is 15.3. The standard InChI is InChI=1S/C15H17N3O4S/c19-11(16-13(15(20)21)9-6-7-9)4-1-5-12-17-14(18-22-12)10-3-2-8-23-10/h2-3,8-9,13H,1,4-7H2,(H,16,19)(H,20,21). The molecule has 8 heteroatoms. The van der Waals surface area contributed by atoms with Crippen LogP contribution in [-0.2, 0) is 16.0 Å². The van der Waals surface area contributed by atoms with Crippen LogP contribution in [0.25, 0.3) is 10.7 Å². The van der Waals surface area contributed by atoms with Crippen molar-refractivity contribution in [3.63, 3.8) is 0 Å². The van der Waals surface area contributed by atoms with Crippen LogP contribution in [0.5, 0.6) is 0 Å². The highest BCUT2D eigenvalue weighted by Crippen LogP contribution is 2.32. The molecule has 0 spiro atoms. The van der Waals surface area contributed by atoms with Gasteiger partial charge in [-0.3, -0.25) is 4.79 Å². The minimum absolute atomic E-state index is 0.0840. The summed E-state index contributed by atoms with van der Waals surface area (Å²) in [4.78, 5) is 28.1. The molecule has 1 fully saturated rings. The van der Waals surface area contributed by atoms with E-state index in [4.69, 9.17) is 9.63 Å². The largest absolute Gasteiger partial charge is 0.480 e. The number of amides is 1. The molecule has 1 unspecified atom stereocenters. The molecule has 0 saturated heterocycles. The van der Waals surface area contributed by atoms with Crippen molar-refractivity contribution in [1.29, 1.82) is 0 Å². The average Bonchev–Trinajstić information content (AvgIpc) is 3.01. The Balaban J connectivity index is 1.44. The van der Waals surface area contributed by atoms with Crippen molar-refractivity contribution in [1.82, 2.24) is 15.5 Å². The molecular weight excluding hydrogens is 318 g/mol. The van der Waals surface area contributed by atoms with Gasteiger partial charge in [0.1, 0.15) is 6.04 Å². The maximum Gasteiger partial charge on any atom is 0.326 e. The topological polar surface area (TPSA) is 105 Å². The first-order valence-corrected chi connectivity index (χ1v) is 8.40. The van der Waals surface area contributed by atoms with Gasteiger partial charge in [-0.2, -0.15) is 4.98 Å². The third-order valence-electron chi connectivity index (χ3n) is 3.68. The molecule has 7 nitrogen and oxygen atoms in total. The highest BCUT2D eigenvalue weighted by molar-refractivity contribution is 7.13. The van der Waals surface area contributed by atoms with E-state index in [2.05, 4.69) is 15.5 Å². The van der Waals surface area contributed by atoms with Crippen molar-refractivity contribution in [3.05, 3.63) is 23.4 Å². The Kier molecular flexibility index (Phi) is 4.71. The van der Waals surface area contributed by atoms with E-state index in [0.29, 0.717) is 24.6 Å². The maximum absolute atomic E-state index is 11.8. The fourth-order valence-electron chi connectivity index (χ4n) is 2.32. The molecule has 0 bridgehead atoms. The van der Waals surface area contributed by atoms with Crippen LogP contribution in [0, 0.1) is 5.92 Å². The molecule has 3 rings (SSSR count). The van der Waals surface area contributed by atoms with Gasteiger partial charge in [-0.25, -0.2) is 4.79 Å². The highest BCUT2D eigenvalue weighted by atomic mass is 32.1. The van der Waals surface area contributed by atoms with Crippen LogP contribution in [-0.4, -0.2) is 33.2 Å². The summed E-state index contributed by atoms with van der Waals surface area (Å²) in [5.41, 5.74) is 0. The third-order valence-corrected chi connectivity index (χ3v) is 4.55. The molecule has 1 aliphatic carbocycles. The van der Waals surface area contributed by atoms with Crippen molar-refractivity contribution in [2.24, 2.45) is 5.92 Å². The van der Waals surface area contributed by atoms with Crippen molar-refractivity contribution in [2.45, 2.75) is 38.1 Å². The van der Waals surface area contributed by atoms with E-state index < -0.39 is 12.0 Å². The number of carboxylic acid groups (broad SMARTS) is 1. The van der Waals surface area contributed by atoms with Crippen molar-refractivity contribution >= 4 is 23.2 Å². The van der Waals surface area contributed by atoms with E-state index in [9.17, 15) is 9.59 Å². The second kappa shape index (κ2) is 6.91. The maximum atomic E-state index is 11.8. The number of aryl methyl sites for hydroxylation is 1. The lowest BCUT2D eigenvalue weighted by Gasteiger charge is -2.13. The molecule has 2 N–H and O–H groups in total. The van der Waals surface area contributed by atoms with Crippen LogP contribution in [0.2, 0.25) is 0 Å². The summed E-state index contributed by atoms with van der Waals surface area (Å²) in [6.07, 6.45) is 3.00. The van der Waals surface area contributed by atoms with Crippen LogP contribution >= 0.6 is 11.3 Å². The zero-order chi connectivity index (χ0) is 16.2. The lowest BCUT2D eigenvalue weighted by atomic mass is 10.1. The number of hydrogen-bond donors (Lipinski definition) is 2. The molecular formula is C15H17N3O4S. The van der Waals surface area contributed by atoms with E-state index in [-0.39, 0.29) is 18.2 Å². The van der Waals surface area contributed by atoms with Crippen LogP contribution in [0.1, 0.15) is 31.6 Å². The fraction of sp³-hybridized carbons (Fsp3) is 0.467. The Morgan fingerprint density at radius 2 is 2.30 bits per heavy atom. The average molecular weight is 335 g/mol. The summed E-state index contributed by atoms with van der Waals surface area (Å²) in [5.74, 6) is -0.0846. The van der Waals surface area contributed by atoms with Crippen LogP contribution in [0.15, 0.2) is 22.0 Å². The summed E-state index contributed by atoms with van der Waals surface area (Å²) < 4.78 is 5.16. The smallest absolute Gasteiger partial charge is 0.326 e. The zero-order valence-electron chi connectivity index (χ0n) is 12.4. The number of nitrogens with one attached hydrogen (secondary N) is 1. The van der Waals surface area contributed by atoms with Crippen molar-refractivity contribution < 1.29 is 19.2 Å². The predicted octanol–water partition coefficient (Wildman–Crippen LogP) is 2.10. The molecule has 2 heterocycles. The number of rotatable bonds is 8. The molecule has 2 aromatic heterocycles. The van der Waals surface area contributed by atoms with E-state index in [0.717, 1.165) is 17.7 Å². The number of nitrogens with zero attached hydrogens (tertiary/aromatic N) is 2. The summed E-state index contributed by atoms with van der Waals surface area (Å²) in [5, 5.41) is 17.5. The Morgan fingerprint density at radius 3 is 2.96 bits per heavy atom. The number of aliphatic carboxylic acids is 1. The first kappa shape index (κ1) is 15.7. The van der Waals surface area contributed by atoms with Gasteiger partial charge in [0.15, 0.2) is 0 Å².